The molecule has 0 fully saturated rings. The lowest BCUT2D eigenvalue weighted by molar-refractivity contribution is -0.121. The number of benzene rings is 1. The molecule has 1 aliphatic heterocycles. The summed E-state index contributed by atoms with van der Waals surface area (Å²) in [6.07, 6.45) is 3.49. The van der Waals surface area contributed by atoms with Gasteiger partial charge in [0.1, 0.15) is 5.75 Å². The molecule has 2 aromatic rings. The Balaban J connectivity index is 1.94. The van der Waals surface area contributed by atoms with Crippen LogP contribution in [0, 0.1) is 0 Å². The molecule has 18 heavy (non-hydrogen) atoms. The molecule has 1 aromatic carbocycles. The van der Waals surface area contributed by atoms with Crippen molar-refractivity contribution in [3.8, 4) is 5.75 Å². The monoisotopic (exact) mass is 240 g/mol. The number of anilines is 1. The molecule has 2 heterocycles. The zero-order valence-corrected chi connectivity index (χ0v) is 9.74. The first-order valence-corrected chi connectivity index (χ1v) is 5.76. The van der Waals surface area contributed by atoms with Crippen LogP contribution in [0.2, 0.25) is 0 Å². The van der Waals surface area contributed by atoms with Crippen molar-refractivity contribution >= 4 is 11.6 Å². The number of fused-ring (bicyclic) bond motifs is 1. The van der Waals surface area contributed by atoms with Crippen LogP contribution in [0.3, 0.4) is 0 Å². The van der Waals surface area contributed by atoms with Crippen molar-refractivity contribution in [1.82, 2.24) is 4.98 Å². The van der Waals surface area contributed by atoms with Crippen LogP contribution in [0.1, 0.15) is 5.56 Å². The molecule has 4 nitrogen and oxygen atoms in total. The van der Waals surface area contributed by atoms with Gasteiger partial charge in [0.25, 0.3) is 5.91 Å². The fourth-order valence-electron chi connectivity index (χ4n) is 2.00. The predicted octanol–water partition coefficient (Wildman–Crippen LogP) is 2.01. The van der Waals surface area contributed by atoms with Crippen LogP contribution in [0.15, 0.2) is 48.8 Å². The Bertz CT molecular complexity index is 569. The van der Waals surface area contributed by atoms with Crippen LogP contribution in [0.4, 0.5) is 5.69 Å². The third-order valence-corrected chi connectivity index (χ3v) is 2.87. The first-order chi connectivity index (χ1) is 8.84. The Kier molecular flexibility index (Phi) is 2.68. The van der Waals surface area contributed by atoms with Gasteiger partial charge in [0.15, 0.2) is 6.61 Å². The second-order valence-corrected chi connectivity index (χ2v) is 4.10. The quantitative estimate of drug-likeness (QED) is 0.806. The van der Waals surface area contributed by atoms with Crippen molar-refractivity contribution in [2.75, 3.05) is 11.5 Å². The number of rotatable bonds is 2. The maximum Gasteiger partial charge on any atom is 0.265 e. The molecule has 0 unspecified atom stereocenters. The lowest BCUT2D eigenvalue weighted by atomic mass is 10.2. The van der Waals surface area contributed by atoms with Gasteiger partial charge < -0.3 is 9.64 Å². The van der Waals surface area contributed by atoms with E-state index in [9.17, 15) is 4.79 Å². The molecule has 1 aromatic heterocycles. The molecule has 3 rings (SSSR count). The average molecular weight is 240 g/mol. The van der Waals surface area contributed by atoms with Crippen molar-refractivity contribution in [3.05, 3.63) is 54.4 Å². The minimum absolute atomic E-state index is 0.0300. The number of pyridine rings is 1. The Morgan fingerprint density at radius 3 is 2.94 bits per heavy atom. The van der Waals surface area contributed by atoms with Crippen LogP contribution >= 0.6 is 0 Å². The molecular formula is C14H12N2O2. The van der Waals surface area contributed by atoms with Gasteiger partial charge in [-0.1, -0.05) is 18.2 Å². The zero-order chi connectivity index (χ0) is 12.4. The number of carbonyl (C=O) groups excluding carboxylic acids is 1. The summed E-state index contributed by atoms with van der Waals surface area (Å²) in [5.74, 6) is 0.721. The SMILES string of the molecule is O=C1COc2ccccc2N1Cc1cccnc1. The average Bonchev–Trinajstić information content (AvgIpc) is 2.43. The predicted molar refractivity (Wildman–Crippen MR) is 67.4 cm³/mol. The van der Waals surface area contributed by atoms with Crippen molar-refractivity contribution in [2.45, 2.75) is 6.54 Å². The molecule has 90 valence electrons. The molecule has 0 radical (unpaired) electrons. The number of amides is 1. The highest BCUT2D eigenvalue weighted by Gasteiger charge is 2.24. The number of aromatic nitrogens is 1. The van der Waals surface area contributed by atoms with E-state index < -0.39 is 0 Å². The van der Waals surface area contributed by atoms with Gasteiger partial charge in [-0.25, -0.2) is 0 Å². The normalized spacial score (nSPS) is 14.0. The molecular weight excluding hydrogens is 228 g/mol. The second kappa shape index (κ2) is 4.49. The van der Waals surface area contributed by atoms with E-state index in [0.717, 1.165) is 17.0 Å². The van der Waals surface area contributed by atoms with Crippen LogP contribution < -0.4 is 9.64 Å². The first kappa shape index (κ1) is 10.8. The highest BCUT2D eigenvalue weighted by atomic mass is 16.5. The smallest absolute Gasteiger partial charge is 0.265 e. The Labute approximate surface area is 105 Å². The molecule has 0 saturated heterocycles. The number of hydrogen-bond acceptors (Lipinski definition) is 3. The number of carbonyl (C=O) groups is 1. The molecule has 0 bridgehead atoms. The van der Waals surface area contributed by atoms with E-state index in [-0.39, 0.29) is 12.5 Å². The Morgan fingerprint density at radius 1 is 1.22 bits per heavy atom. The fourth-order valence-corrected chi connectivity index (χ4v) is 2.00. The number of hydrogen-bond donors (Lipinski definition) is 0. The molecule has 0 saturated carbocycles. The Hall–Kier alpha value is -2.36. The summed E-state index contributed by atoms with van der Waals surface area (Å²) >= 11 is 0. The van der Waals surface area contributed by atoms with Crippen molar-refractivity contribution < 1.29 is 9.53 Å². The molecule has 0 spiro atoms. The summed E-state index contributed by atoms with van der Waals surface area (Å²) in [7, 11) is 0. The lowest BCUT2D eigenvalue weighted by Gasteiger charge is -2.29. The van der Waals surface area contributed by atoms with Gasteiger partial charge in [-0.15, -0.1) is 0 Å². The highest BCUT2D eigenvalue weighted by molar-refractivity contribution is 5.97. The van der Waals surface area contributed by atoms with Gasteiger partial charge in [-0.2, -0.15) is 0 Å². The van der Waals surface area contributed by atoms with Crippen molar-refractivity contribution in [1.29, 1.82) is 0 Å². The fraction of sp³-hybridized carbons (Fsp3) is 0.143. The minimum Gasteiger partial charge on any atom is -0.482 e. The van der Waals surface area contributed by atoms with Gasteiger partial charge in [-0.05, 0) is 23.8 Å². The Morgan fingerprint density at radius 2 is 2.11 bits per heavy atom. The summed E-state index contributed by atoms with van der Waals surface area (Å²) in [5.41, 5.74) is 1.82. The van der Waals surface area contributed by atoms with Crippen LogP contribution in [0.25, 0.3) is 0 Å². The van der Waals surface area contributed by atoms with E-state index in [0.29, 0.717) is 6.54 Å². The minimum atomic E-state index is -0.0300. The topological polar surface area (TPSA) is 42.4 Å². The van der Waals surface area contributed by atoms with Crippen LogP contribution in [-0.4, -0.2) is 17.5 Å². The maximum absolute atomic E-state index is 11.9. The second-order valence-electron chi connectivity index (χ2n) is 4.10. The third kappa shape index (κ3) is 1.93. The molecule has 4 heteroatoms. The zero-order valence-electron chi connectivity index (χ0n) is 9.74. The summed E-state index contributed by atoms with van der Waals surface area (Å²) in [4.78, 5) is 17.7. The molecule has 0 aliphatic carbocycles. The van der Waals surface area contributed by atoms with Crippen molar-refractivity contribution in [3.63, 3.8) is 0 Å². The molecule has 0 N–H and O–H groups in total. The van der Waals surface area contributed by atoms with E-state index in [2.05, 4.69) is 4.98 Å². The van der Waals surface area contributed by atoms with E-state index in [1.165, 1.54) is 0 Å². The molecule has 0 atom stereocenters. The van der Waals surface area contributed by atoms with Gasteiger partial charge >= 0.3 is 0 Å². The standard InChI is InChI=1S/C14H12N2O2/c17-14-10-18-13-6-2-1-5-12(13)16(14)9-11-4-3-7-15-8-11/h1-8H,9-10H2. The summed E-state index contributed by atoms with van der Waals surface area (Å²) in [5, 5.41) is 0. The van der Waals surface area contributed by atoms with Crippen LogP contribution in [0.5, 0.6) is 5.75 Å². The summed E-state index contributed by atoms with van der Waals surface area (Å²) in [6.45, 7) is 0.615. The van der Waals surface area contributed by atoms with Gasteiger partial charge in [0.05, 0.1) is 12.2 Å². The van der Waals surface area contributed by atoms with Crippen molar-refractivity contribution in [2.24, 2.45) is 0 Å². The lowest BCUT2D eigenvalue weighted by Crippen LogP contribution is -2.38. The van der Waals surface area contributed by atoms with E-state index in [1.54, 1.807) is 17.3 Å². The largest absolute Gasteiger partial charge is 0.482 e. The van der Waals surface area contributed by atoms with Crippen LogP contribution in [-0.2, 0) is 11.3 Å². The summed E-state index contributed by atoms with van der Waals surface area (Å²) in [6, 6.07) is 11.4. The number of nitrogens with zero attached hydrogens (tertiary/aromatic N) is 2. The molecule has 1 amide bonds. The van der Waals surface area contributed by atoms with Gasteiger partial charge in [0, 0.05) is 12.4 Å². The third-order valence-electron chi connectivity index (χ3n) is 2.87. The number of ether oxygens (including phenoxy) is 1. The van der Waals surface area contributed by atoms with Gasteiger partial charge in [-0.3, -0.25) is 9.78 Å². The maximum atomic E-state index is 11.9. The first-order valence-electron chi connectivity index (χ1n) is 5.76. The van der Waals surface area contributed by atoms with E-state index >= 15 is 0 Å². The van der Waals surface area contributed by atoms with E-state index in [1.807, 2.05) is 36.4 Å². The highest BCUT2D eigenvalue weighted by Crippen LogP contribution is 2.32. The van der Waals surface area contributed by atoms with E-state index in [4.69, 9.17) is 4.74 Å². The number of para-hydroxylation sites is 2. The summed E-state index contributed by atoms with van der Waals surface area (Å²) < 4.78 is 5.40. The van der Waals surface area contributed by atoms with Gasteiger partial charge in [0.2, 0.25) is 0 Å². The molecule has 1 aliphatic rings.